The lowest BCUT2D eigenvalue weighted by molar-refractivity contribution is -0.176. The zero-order valence-corrected chi connectivity index (χ0v) is 11.3. The monoisotopic (exact) mass is 266 g/mol. The zero-order valence-electron chi connectivity index (χ0n) is 11.3. The summed E-state index contributed by atoms with van der Waals surface area (Å²) < 4.78 is 38.2. The predicted octanol–water partition coefficient (Wildman–Crippen LogP) is 3.09. The molecular formula is C13H25F3N2. The Morgan fingerprint density at radius 2 is 2.06 bits per heavy atom. The second kappa shape index (κ2) is 7.34. The predicted molar refractivity (Wildman–Crippen MR) is 67.6 cm³/mol. The lowest BCUT2D eigenvalue weighted by atomic mass is 9.97. The Balaban J connectivity index is 2.30. The van der Waals surface area contributed by atoms with Crippen LogP contribution in [0.5, 0.6) is 0 Å². The van der Waals surface area contributed by atoms with Gasteiger partial charge in [0.2, 0.25) is 0 Å². The molecule has 0 aromatic rings. The SMILES string of the molecule is CCCC(CC)NCCC1NCCC1C(F)(F)F. The fourth-order valence-corrected chi connectivity index (χ4v) is 2.70. The van der Waals surface area contributed by atoms with Crippen molar-refractivity contribution in [3.63, 3.8) is 0 Å². The summed E-state index contributed by atoms with van der Waals surface area (Å²) in [5, 5.41) is 6.34. The molecule has 3 atom stereocenters. The molecule has 0 amide bonds. The van der Waals surface area contributed by atoms with Crippen molar-refractivity contribution in [2.45, 2.75) is 64.2 Å². The number of alkyl halides is 3. The fraction of sp³-hybridized carbons (Fsp3) is 1.00. The Bertz CT molecular complexity index is 231. The van der Waals surface area contributed by atoms with E-state index in [2.05, 4.69) is 24.5 Å². The molecule has 0 aromatic heterocycles. The van der Waals surface area contributed by atoms with Crippen molar-refractivity contribution in [3.05, 3.63) is 0 Å². The minimum Gasteiger partial charge on any atom is -0.314 e. The number of rotatable bonds is 7. The van der Waals surface area contributed by atoms with E-state index in [0.717, 1.165) is 19.3 Å². The van der Waals surface area contributed by atoms with Crippen molar-refractivity contribution < 1.29 is 13.2 Å². The topological polar surface area (TPSA) is 24.1 Å². The molecule has 2 N–H and O–H groups in total. The number of halogens is 3. The molecule has 1 aliphatic rings. The van der Waals surface area contributed by atoms with E-state index in [9.17, 15) is 13.2 Å². The highest BCUT2D eigenvalue weighted by Crippen LogP contribution is 2.35. The second-order valence-electron chi connectivity index (χ2n) is 5.13. The van der Waals surface area contributed by atoms with Gasteiger partial charge < -0.3 is 10.6 Å². The van der Waals surface area contributed by atoms with E-state index < -0.39 is 18.1 Å². The molecule has 0 radical (unpaired) electrons. The molecule has 0 saturated carbocycles. The van der Waals surface area contributed by atoms with Crippen LogP contribution >= 0.6 is 0 Å². The van der Waals surface area contributed by atoms with Crippen molar-refractivity contribution in [3.8, 4) is 0 Å². The van der Waals surface area contributed by atoms with Crippen LogP contribution in [-0.4, -0.2) is 31.3 Å². The van der Waals surface area contributed by atoms with E-state index in [-0.39, 0.29) is 6.42 Å². The zero-order chi connectivity index (χ0) is 13.6. The van der Waals surface area contributed by atoms with E-state index in [0.29, 0.717) is 25.6 Å². The van der Waals surface area contributed by atoms with Crippen LogP contribution in [-0.2, 0) is 0 Å². The molecule has 0 spiro atoms. The normalized spacial score (nSPS) is 26.5. The van der Waals surface area contributed by atoms with Gasteiger partial charge in [-0.3, -0.25) is 0 Å². The lowest BCUT2D eigenvalue weighted by Crippen LogP contribution is -2.39. The molecule has 2 nitrogen and oxygen atoms in total. The summed E-state index contributed by atoms with van der Waals surface area (Å²) in [5.74, 6) is -1.16. The van der Waals surface area contributed by atoms with E-state index >= 15 is 0 Å². The molecule has 0 aliphatic carbocycles. The Labute approximate surface area is 108 Å². The third kappa shape index (κ3) is 4.76. The van der Waals surface area contributed by atoms with Crippen LogP contribution in [0.25, 0.3) is 0 Å². The Morgan fingerprint density at radius 3 is 2.61 bits per heavy atom. The van der Waals surface area contributed by atoms with E-state index in [4.69, 9.17) is 0 Å². The van der Waals surface area contributed by atoms with Gasteiger partial charge in [-0.1, -0.05) is 20.3 Å². The number of hydrogen-bond acceptors (Lipinski definition) is 2. The summed E-state index contributed by atoms with van der Waals surface area (Å²) >= 11 is 0. The van der Waals surface area contributed by atoms with Crippen molar-refractivity contribution in [1.82, 2.24) is 10.6 Å². The second-order valence-corrected chi connectivity index (χ2v) is 5.13. The van der Waals surface area contributed by atoms with Crippen LogP contribution in [0, 0.1) is 5.92 Å². The van der Waals surface area contributed by atoms with Gasteiger partial charge in [0.05, 0.1) is 5.92 Å². The van der Waals surface area contributed by atoms with Crippen molar-refractivity contribution >= 4 is 0 Å². The summed E-state index contributed by atoms with van der Waals surface area (Å²) in [4.78, 5) is 0. The van der Waals surface area contributed by atoms with Gasteiger partial charge in [0.25, 0.3) is 0 Å². The average Bonchev–Trinajstić information content (AvgIpc) is 2.76. The summed E-state index contributed by atoms with van der Waals surface area (Å²) in [7, 11) is 0. The first-order valence-electron chi connectivity index (χ1n) is 7.02. The summed E-state index contributed by atoms with van der Waals surface area (Å²) in [5.41, 5.74) is 0. The maximum atomic E-state index is 12.7. The van der Waals surface area contributed by atoms with Gasteiger partial charge in [-0.25, -0.2) is 0 Å². The Kier molecular flexibility index (Phi) is 6.43. The number of hydrogen-bond donors (Lipinski definition) is 2. The Morgan fingerprint density at radius 1 is 1.33 bits per heavy atom. The fourth-order valence-electron chi connectivity index (χ4n) is 2.70. The van der Waals surface area contributed by atoms with Crippen molar-refractivity contribution in [2.75, 3.05) is 13.1 Å². The molecule has 18 heavy (non-hydrogen) atoms. The number of nitrogens with one attached hydrogen (secondary N) is 2. The molecule has 1 heterocycles. The molecule has 1 rings (SSSR count). The van der Waals surface area contributed by atoms with Crippen LogP contribution in [0.3, 0.4) is 0 Å². The van der Waals surface area contributed by atoms with Crippen LogP contribution in [0.1, 0.15) is 46.0 Å². The molecule has 0 aromatic carbocycles. The molecule has 1 saturated heterocycles. The molecular weight excluding hydrogens is 241 g/mol. The van der Waals surface area contributed by atoms with Gasteiger partial charge in [-0.2, -0.15) is 13.2 Å². The summed E-state index contributed by atoms with van der Waals surface area (Å²) in [6.45, 7) is 5.39. The van der Waals surface area contributed by atoms with Crippen molar-refractivity contribution in [2.24, 2.45) is 5.92 Å². The largest absolute Gasteiger partial charge is 0.393 e. The quantitative estimate of drug-likeness (QED) is 0.740. The molecule has 1 aliphatic heterocycles. The van der Waals surface area contributed by atoms with Gasteiger partial charge >= 0.3 is 6.18 Å². The molecule has 108 valence electrons. The molecule has 3 unspecified atom stereocenters. The maximum Gasteiger partial charge on any atom is 0.393 e. The third-order valence-corrected chi connectivity index (χ3v) is 3.79. The summed E-state index contributed by atoms with van der Waals surface area (Å²) in [6.07, 6.45) is -0.0310. The van der Waals surface area contributed by atoms with Crippen LogP contribution in [0.2, 0.25) is 0 Å². The highest BCUT2D eigenvalue weighted by Gasteiger charge is 2.46. The molecule has 0 bridgehead atoms. The van der Waals surface area contributed by atoms with E-state index in [1.807, 2.05) is 0 Å². The lowest BCUT2D eigenvalue weighted by Gasteiger charge is -2.23. The average molecular weight is 266 g/mol. The minimum atomic E-state index is -4.05. The van der Waals surface area contributed by atoms with Crippen LogP contribution in [0.15, 0.2) is 0 Å². The van der Waals surface area contributed by atoms with E-state index in [1.165, 1.54) is 0 Å². The first-order valence-corrected chi connectivity index (χ1v) is 7.02. The highest BCUT2D eigenvalue weighted by atomic mass is 19.4. The van der Waals surface area contributed by atoms with Crippen LogP contribution < -0.4 is 10.6 Å². The Hall–Kier alpha value is -0.290. The van der Waals surface area contributed by atoms with Gasteiger partial charge in [-0.15, -0.1) is 0 Å². The first-order chi connectivity index (χ1) is 8.49. The summed E-state index contributed by atoms with van der Waals surface area (Å²) in [6, 6.07) is 0.0392. The highest BCUT2D eigenvalue weighted by molar-refractivity contribution is 4.88. The van der Waals surface area contributed by atoms with Gasteiger partial charge in [0.1, 0.15) is 0 Å². The van der Waals surface area contributed by atoms with Crippen LogP contribution in [0.4, 0.5) is 13.2 Å². The first kappa shape index (κ1) is 15.8. The van der Waals surface area contributed by atoms with E-state index in [1.54, 1.807) is 0 Å². The van der Waals surface area contributed by atoms with Gasteiger partial charge in [0, 0.05) is 12.1 Å². The van der Waals surface area contributed by atoms with Gasteiger partial charge in [0.15, 0.2) is 0 Å². The molecule has 1 fully saturated rings. The maximum absolute atomic E-state index is 12.7. The molecule has 5 heteroatoms. The smallest absolute Gasteiger partial charge is 0.314 e. The minimum absolute atomic E-state index is 0.223. The standard InChI is InChI=1S/C13H25F3N2/c1-3-5-10(4-2)17-9-7-12-11(6-8-18-12)13(14,15)16/h10-12,17-18H,3-9H2,1-2H3. The van der Waals surface area contributed by atoms with Crippen molar-refractivity contribution in [1.29, 1.82) is 0 Å². The van der Waals surface area contributed by atoms with Gasteiger partial charge in [-0.05, 0) is 38.8 Å². The third-order valence-electron chi connectivity index (χ3n) is 3.79.